The lowest BCUT2D eigenvalue weighted by atomic mass is 10.0. The van der Waals surface area contributed by atoms with E-state index in [0.29, 0.717) is 18.6 Å². The fraction of sp³-hybridized carbons (Fsp3) is 0.655. The highest BCUT2D eigenvalue weighted by atomic mass is 16.5. The van der Waals surface area contributed by atoms with Gasteiger partial charge in [-0.15, -0.1) is 0 Å². The molecule has 0 saturated heterocycles. The van der Waals surface area contributed by atoms with Crippen LogP contribution in [-0.4, -0.2) is 24.6 Å². The third-order valence-corrected chi connectivity index (χ3v) is 5.77. The number of esters is 2. The van der Waals surface area contributed by atoms with Crippen molar-refractivity contribution in [3.63, 3.8) is 0 Å². The molecular formula is C29H46O4. The number of hydrogen-bond donors (Lipinski definition) is 0. The third kappa shape index (κ3) is 16.2. The molecule has 33 heavy (non-hydrogen) atoms. The Bertz CT molecular complexity index is 638. The minimum atomic E-state index is -0.236. The zero-order valence-corrected chi connectivity index (χ0v) is 21.1. The van der Waals surface area contributed by atoms with Crippen LogP contribution in [0, 0.1) is 0 Å². The molecule has 0 amide bonds. The van der Waals surface area contributed by atoms with Crippen molar-refractivity contribution in [1.29, 1.82) is 0 Å². The lowest BCUT2D eigenvalue weighted by molar-refractivity contribution is -0.143. The van der Waals surface area contributed by atoms with Crippen molar-refractivity contribution in [3.05, 3.63) is 48.0 Å². The number of carbonyl (C=O) groups is 2. The van der Waals surface area contributed by atoms with Crippen LogP contribution in [0.2, 0.25) is 0 Å². The molecule has 4 heteroatoms. The third-order valence-electron chi connectivity index (χ3n) is 5.77. The van der Waals surface area contributed by atoms with Gasteiger partial charge in [0, 0.05) is 6.42 Å². The summed E-state index contributed by atoms with van der Waals surface area (Å²) in [6.45, 7) is 4.50. The first-order chi connectivity index (χ1) is 16.2. The van der Waals surface area contributed by atoms with Crippen LogP contribution >= 0.6 is 0 Å². The standard InChI is InChI=1S/C29H46O4/c1-3-5-23-27(33-29(31)26-21-17-16-18-22-26)24-19-14-12-10-8-6-7-9-11-13-15-20-25-28(30)32-4-2/h16-19,21-22,24,27H,3-15,20,23,25H2,1-2H3/b24-19-/t27-/m0/s1. The van der Waals surface area contributed by atoms with Crippen LogP contribution in [0.3, 0.4) is 0 Å². The summed E-state index contributed by atoms with van der Waals surface area (Å²) >= 11 is 0. The van der Waals surface area contributed by atoms with Crippen LogP contribution in [-0.2, 0) is 14.3 Å². The number of allylic oxidation sites excluding steroid dienone is 1. The van der Waals surface area contributed by atoms with Crippen LogP contribution in [0.4, 0.5) is 0 Å². The SMILES string of the molecule is CCCC[C@@H](/C=C\CCCCCCCCCCCCC(=O)OCC)OC(=O)c1ccccc1. The van der Waals surface area contributed by atoms with E-state index in [-0.39, 0.29) is 18.0 Å². The van der Waals surface area contributed by atoms with Gasteiger partial charge in [-0.3, -0.25) is 4.79 Å². The van der Waals surface area contributed by atoms with E-state index < -0.39 is 0 Å². The van der Waals surface area contributed by atoms with Gasteiger partial charge in [-0.2, -0.15) is 0 Å². The van der Waals surface area contributed by atoms with E-state index in [1.165, 1.54) is 51.4 Å². The average molecular weight is 459 g/mol. The summed E-state index contributed by atoms with van der Waals surface area (Å²) in [5, 5.41) is 0. The monoisotopic (exact) mass is 458 g/mol. The molecule has 0 N–H and O–H groups in total. The Hall–Kier alpha value is -2.10. The highest BCUT2D eigenvalue weighted by Crippen LogP contribution is 2.14. The minimum absolute atomic E-state index is 0.0583. The van der Waals surface area contributed by atoms with E-state index in [2.05, 4.69) is 19.1 Å². The topological polar surface area (TPSA) is 52.6 Å². The van der Waals surface area contributed by atoms with Crippen molar-refractivity contribution < 1.29 is 19.1 Å². The molecule has 1 aromatic carbocycles. The second-order valence-corrected chi connectivity index (χ2v) is 8.76. The molecular weight excluding hydrogens is 412 g/mol. The molecule has 186 valence electrons. The van der Waals surface area contributed by atoms with E-state index >= 15 is 0 Å². The Morgan fingerprint density at radius 2 is 1.42 bits per heavy atom. The van der Waals surface area contributed by atoms with E-state index in [1.54, 1.807) is 12.1 Å². The number of unbranched alkanes of at least 4 members (excludes halogenated alkanes) is 11. The number of ether oxygens (including phenoxy) is 2. The van der Waals surface area contributed by atoms with Crippen molar-refractivity contribution in [1.82, 2.24) is 0 Å². The highest BCUT2D eigenvalue weighted by Gasteiger charge is 2.12. The lowest BCUT2D eigenvalue weighted by Crippen LogP contribution is -2.16. The van der Waals surface area contributed by atoms with Crippen molar-refractivity contribution in [2.24, 2.45) is 0 Å². The molecule has 0 saturated carbocycles. The number of benzene rings is 1. The summed E-state index contributed by atoms with van der Waals surface area (Å²) in [6, 6.07) is 9.23. The van der Waals surface area contributed by atoms with Gasteiger partial charge in [0.25, 0.3) is 0 Å². The zero-order valence-electron chi connectivity index (χ0n) is 21.1. The first-order valence-corrected chi connectivity index (χ1v) is 13.3. The van der Waals surface area contributed by atoms with E-state index in [0.717, 1.165) is 38.5 Å². The van der Waals surface area contributed by atoms with Crippen LogP contribution in [0.1, 0.15) is 121 Å². The molecule has 1 rings (SSSR count). The zero-order chi connectivity index (χ0) is 24.0. The summed E-state index contributed by atoms with van der Waals surface area (Å²) < 4.78 is 10.7. The van der Waals surface area contributed by atoms with Crippen molar-refractivity contribution in [2.75, 3.05) is 6.61 Å². The molecule has 0 bridgehead atoms. The van der Waals surface area contributed by atoms with Gasteiger partial charge in [0.15, 0.2) is 0 Å². The molecule has 1 atom stereocenters. The first kappa shape index (κ1) is 28.9. The molecule has 0 aliphatic rings. The Morgan fingerprint density at radius 3 is 2.03 bits per heavy atom. The van der Waals surface area contributed by atoms with Crippen molar-refractivity contribution >= 4 is 11.9 Å². The molecule has 0 radical (unpaired) electrons. The van der Waals surface area contributed by atoms with Crippen LogP contribution in [0.5, 0.6) is 0 Å². The molecule has 0 aromatic heterocycles. The second-order valence-electron chi connectivity index (χ2n) is 8.76. The lowest BCUT2D eigenvalue weighted by Gasteiger charge is -2.14. The summed E-state index contributed by atoms with van der Waals surface area (Å²) in [6.07, 6.45) is 21.0. The largest absolute Gasteiger partial charge is 0.466 e. The molecule has 0 fully saturated rings. The van der Waals surface area contributed by atoms with Crippen LogP contribution in [0.15, 0.2) is 42.5 Å². The van der Waals surface area contributed by atoms with Gasteiger partial charge >= 0.3 is 11.9 Å². The van der Waals surface area contributed by atoms with Gasteiger partial charge in [0.2, 0.25) is 0 Å². The van der Waals surface area contributed by atoms with Gasteiger partial charge < -0.3 is 9.47 Å². The summed E-state index contributed by atoms with van der Waals surface area (Å²) in [5.41, 5.74) is 0.615. The maximum Gasteiger partial charge on any atom is 0.338 e. The Balaban J connectivity index is 2.05. The van der Waals surface area contributed by atoms with Gasteiger partial charge in [0.1, 0.15) is 6.10 Å². The Morgan fingerprint density at radius 1 is 0.818 bits per heavy atom. The molecule has 0 aliphatic heterocycles. The molecule has 0 aliphatic carbocycles. The molecule has 0 heterocycles. The normalized spacial score (nSPS) is 12.1. The number of rotatable bonds is 20. The first-order valence-electron chi connectivity index (χ1n) is 13.3. The van der Waals surface area contributed by atoms with Crippen LogP contribution in [0.25, 0.3) is 0 Å². The smallest absolute Gasteiger partial charge is 0.338 e. The van der Waals surface area contributed by atoms with Gasteiger partial charge in [-0.05, 0) is 57.2 Å². The molecule has 0 spiro atoms. The maximum absolute atomic E-state index is 12.3. The van der Waals surface area contributed by atoms with Gasteiger partial charge in [0.05, 0.1) is 12.2 Å². The second kappa shape index (κ2) is 20.5. The van der Waals surface area contributed by atoms with Crippen molar-refractivity contribution in [3.8, 4) is 0 Å². The Labute approximate surface area is 202 Å². The van der Waals surface area contributed by atoms with E-state index in [9.17, 15) is 9.59 Å². The van der Waals surface area contributed by atoms with Crippen LogP contribution < -0.4 is 0 Å². The van der Waals surface area contributed by atoms with E-state index in [1.807, 2.05) is 25.1 Å². The predicted octanol–water partition coefficient (Wildman–Crippen LogP) is 8.20. The molecule has 4 nitrogen and oxygen atoms in total. The summed E-state index contributed by atoms with van der Waals surface area (Å²) in [7, 11) is 0. The summed E-state index contributed by atoms with van der Waals surface area (Å²) in [4.78, 5) is 23.6. The quantitative estimate of drug-likeness (QED) is 0.112. The highest BCUT2D eigenvalue weighted by molar-refractivity contribution is 5.89. The summed E-state index contributed by atoms with van der Waals surface area (Å²) in [5.74, 6) is -0.294. The minimum Gasteiger partial charge on any atom is -0.466 e. The maximum atomic E-state index is 12.3. The predicted molar refractivity (Wildman–Crippen MR) is 136 cm³/mol. The Kier molecular flexibility index (Phi) is 18.0. The average Bonchev–Trinajstić information content (AvgIpc) is 2.83. The molecule has 1 aromatic rings. The van der Waals surface area contributed by atoms with Gasteiger partial charge in [-0.25, -0.2) is 4.79 Å². The number of hydrogen-bond acceptors (Lipinski definition) is 4. The fourth-order valence-corrected chi connectivity index (χ4v) is 3.81. The van der Waals surface area contributed by atoms with Crippen molar-refractivity contribution in [2.45, 2.75) is 116 Å². The van der Waals surface area contributed by atoms with E-state index in [4.69, 9.17) is 9.47 Å². The molecule has 0 unspecified atom stereocenters. The fourth-order valence-electron chi connectivity index (χ4n) is 3.81. The number of carbonyl (C=O) groups excluding carboxylic acids is 2. The van der Waals surface area contributed by atoms with Gasteiger partial charge in [-0.1, -0.05) is 89.0 Å².